The molecule has 0 aliphatic carbocycles. The van der Waals surface area contributed by atoms with E-state index in [1.807, 2.05) is 20.8 Å². The molecule has 0 radical (unpaired) electrons. The second kappa shape index (κ2) is 4.19. The van der Waals surface area contributed by atoms with Crippen LogP contribution in [0.1, 0.15) is 33.6 Å². The smallest absolute Gasteiger partial charge is 0.156 e. The van der Waals surface area contributed by atoms with Crippen LogP contribution in [-0.2, 0) is 9.84 Å². The van der Waals surface area contributed by atoms with E-state index >= 15 is 0 Å². The van der Waals surface area contributed by atoms with Crippen LogP contribution in [0.3, 0.4) is 0 Å². The van der Waals surface area contributed by atoms with Gasteiger partial charge in [-0.25, -0.2) is 8.42 Å². The first-order valence-electron chi connectivity index (χ1n) is 5.30. The summed E-state index contributed by atoms with van der Waals surface area (Å²) in [6, 6.07) is 0. The SMILES string of the molecule is CC(C)CS(=O)(=O)C1(C)CCNCC1. The van der Waals surface area contributed by atoms with Crippen molar-refractivity contribution in [3.8, 4) is 0 Å². The van der Waals surface area contributed by atoms with Gasteiger partial charge >= 0.3 is 0 Å². The number of hydrogen-bond donors (Lipinski definition) is 1. The first-order chi connectivity index (χ1) is 6.37. The van der Waals surface area contributed by atoms with Crippen LogP contribution < -0.4 is 5.32 Å². The Morgan fingerprint density at radius 1 is 1.29 bits per heavy atom. The van der Waals surface area contributed by atoms with Crippen molar-refractivity contribution in [2.45, 2.75) is 38.4 Å². The highest BCUT2D eigenvalue weighted by molar-refractivity contribution is 7.92. The summed E-state index contributed by atoms with van der Waals surface area (Å²) in [7, 11) is -2.92. The van der Waals surface area contributed by atoms with E-state index in [1.54, 1.807) is 0 Å². The van der Waals surface area contributed by atoms with Gasteiger partial charge in [0.15, 0.2) is 9.84 Å². The third-order valence-electron chi connectivity index (χ3n) is 2.96. The predicted octanol–water partition coefficient (Wildman–Crippen LogP) is 1.20. The second-order valence-electron chi connectivity index (χ2n) is 4.88. The zero-order valence-electron chi connectivity index (χ0n) is 9.34. The van der Waals surface area contributed by atoms with Gasteiger partial charge in [0, 0.05) is 0 Å². The molecule has 0 amide bonds. The van der Waals surface area contributed by atoms with Crippen LogP contribution in [0.25, 0.3) is 0 Å². The highest BCUT2D eigenvalue weighted by Gasteiger charge is 2.39. The molecule has 1 fully saturated rings. The van der Waals surface area contributed by atoms with Crippen LogP contribution in [0.5, 0.6) is 0 Å². The van der Waals surface area contributed by atoms with Crippen LogP contribution in [0.15, 0.2) is 0 Å². The molecule has 0 aromatic carbocycles. The van der Waals surface area contributed by atoms with Crippen molar-refractivity contribution in [3.63, 3.8) is 0 Å². The first-order valence-corrected chi connectivity index (χ1v) is 6.96. The minimum atomic E-state index is -2.92. The summed E-state index contributed by atoms with van der Waals surface area (Å²) in [5, 5.41) is 3.20. The molecule has 1 rings (SSSR count). The molecular formula is C10H21NO2S. The van der Waals surface area contributed by atoms with Gasteiger partial charge in [0.25, 0.3) is 0 Å². The third-order valence-corrected chi connectivity index (χ3v) is 5.98. The molecule has 4 heteroatoms. The van der Waals surface area contributed by atoms with Crippen molar-refractivity contribution in [2.24, 2.45) is 5.92 Å². The van der Waals surface area contributed by atoms with Crippen LogP contribution in [0, 0.1) is 5.92 Å². The van der Waals surface area contributed by atoms with Gasteiger partial charge in [-0.05, 0) is 38.8 Å². The quantitative estimate of drug-likeness (QED) is 0.776. The summed E-state index contributed by atoms with van der Waals surface area (Å²) >= 11 is 0. The van der Waals surface area contributed by atoms with Crippen molar-refractivity contribution in [1.29, 1.82) is 0 Å². The van der Waals surface area contributed by atoms with Crippen LogP contribution in [0.2, 0.25) is 0 Å². The summed E-state index contributed by atoms with van der Waals surface area (Å²) in [6.07, 6.45) is 1.50. The minimum Gasteiger partial charge on any atom is -0.317 e. The summed E-state index contributed by atoms with van der Waals surface area (Å²) in [4.78, 5) is 0. The molecule has 0 bridgehead atoms. The average Bonchev–Trinajstić information content (AvgIpc) is 2.02. The summed E-state index contributed by atoms with van der Waals surface area (Å²) in [5.41, 5.74) is 0. The van der Waals surface area contributed by atoms with Crippen molar-refractivity contribution >= 4 is 9.84 Å². The molecule has 1 saturated heterocycles. The van der Waals surface area contributed by atoms with Gasteiger partial charge in [0.2, 0.25) is 0 Å². The predicted molar refractivity (Wildman–Crippen MR) is 59.1 cm³/mol. The standard InChI is InChI=1S/C10H21NO2S/c1-9(2)8-14(12,13)10(3)4-6-11-7-5-10/h9,11H,4-8H2,1-3H3. The maximum Gasteiger partial charge on any atom is 0.156 e. The third kappa shape index (κ3) is 2.48. The van der Waals surface area contributed by atoms with Gasteiger partial charge in [-0.2, -0.15) is 0 Å². The van der Waals surface area contributed by atoms with Crippen molar-refractivity contribution < 1.29 is 8.42 Å². The highest BCUT2D eigenvalue weighted by atomic mass is 32.2. The Kier molecular flexibility index (Phi) is 3.58. The molecular weight excluding hydrogens is 198 g/mol. The van der Waals surface area contributed by atoms with E-state index < -0.39 is 14.6 Å². The second-order valence-corrected chi connectivity index (χ2v) is 7.42. The maximum absolute atomic E-state index is 12.1. The van der Waals surface area contributed by atoms with Gasteiger partial charge < -0.3 is 5.32 Å². The van der Waals surface area contributed by atoms with Crippen molar-refractivity contribution in [1.82, 2.24) is 5.32 Å². The number of rotatable bonds is 3. The molecule has 0 atom stereocenters. The molecule has 1 heterocycles. The number of sulfone groups is 1. The number of hydrogen-bond acceptors (Lipinski definition) is 3. The highest BCUT2D eigenvalue weighted by Crippen LogP contribution is 2.29. The van der Waals surface area contributed by atoms with Crippen molar-refractivity contribution in [3.05, 3.63) is 0 Å². The van der Waals surface area contributed by atoms with Gasteiger partial charge in [0.1, 0.15) is 0 Å². The van der Waals surface area contributed by atoms with E-state index in [4.69, 9.17) is 0 Å². The minimum absolute atomic E-state index is 0.228. The lowest BCUT2D eigenvalue weighted by Crippen LogP contribution is -2.46. The molecule has 14 heavy (non-hydrogen) atoms. The van der Waals surface area contributed by atoms with Gasteiger partial charge in [0.05, 0.1) is 10.5 Å². The Morgan fingerprint density at radius 3 is 2.21 bits per heavy atom. The maximum atomic E-state index is 12.1. The van der Waals surface area contributed by atoms with Gasteiger partial charge in [-0.3, -0.25) is 0 Å². The fraction of sp³-hybridized carbons (Fsp3) is 1.00. The Bertz CT molecular complexity index is 276. The molecule has 3 nitrogen and oxygen atoms in total. The zero-order chi connectivity index (χ0) is 10.8. The summed E-state index contributed by atoms with van der Waals surface area (Å²) in [5.74, 6) is 0.551. The molecule has 0 unspecified atom stereocenters. The molecule has 84 valence electrons. The largest absolute Gasteiger partial charge is 0.317 e. The summed E-state index contributed by atoms with van der Waals surface area (Å²) in [6.45, 7) is 7.47. The van der Waals surface area contributed by atoms with Crippen LogP contribution in [0.4, 0.5) is 0 Å². The molecule has 0 saturated carbocycles. The lowest BCUT2D eigenvalue weighted by Gasteiger charge is -2.34. The molecule has 0 spiro atoms. The van der Waals surface area contributed by atoms with E-state index in [9.17, 15) is 8.42 Å². The van der Waals surface area contributed by atoms with Crippen molar-refractivity contribution in [2.75, 3.05) is 18.8 Å². The monoisotopic (exact) mass is 219 g/mol. The molecule has 1 aliphatic rings. The van der Waals surface area contributed by atoms with E-state index in [2.05, 4.69) is 5.32 Å². The Morgan fingerprint density at radius 2 is 1.79 bits per heavy atom. The molecule has 1 N–H and O–H groups in total. The Hall–Kier alpha value is -0.0900. The van der Waals surface area contributed by atoms with Gasteiger partial charge in [-0.1, -0.05) is 13.8 Å². The number of piperidine rings is 1. The van der Waals surface area contributed by atoms with E-state index in [0.717, 1.165) is 25.9 Å². The molecule has 0 aromatic rings. The lowest BCUT2D eigenvalue weighted by molar-refractivity contribution is 0.407. The zero-order valence-corrected chi connectivity index (χ0v) is 10.2. The first kappa shape index (κ1) is 12.0. The Labute approximate surface area is 87.2 Å². The molecule has 0 aromatic heterocycles. The number of nitrogens with one attached hydrogen (secondary N) is 1. The molecule has 1 aliphatic heterocycles. The van der Waals surface area contributed by atoms with E-state index in [1.165, 1.54) is 0 Å². The lowest BCUT2D eigenvalue weighted by atomic mass is 10.00. The van der Waals surface area contributed by atoms with E-state index in [-0.39, 0.29) is 5.92 Å². The summed E-state index contributed by atoms with van der Waals surface area (Å²) < 4.78 is 23.7. The fourth-order valence-corrected chi connectivity index (χ4v) is 4.01. The average molecular weight is 219 g/mol. The van der Waals surface area contributed by atoms with Gasteiger partial charge in [-0.15, -0.1) is 0 Å². The topological polar surface area (TPSA) is 46.2 Å². The van der Waals surface area contributed by atoms with E-state index in [0.29, 0.717) is 5.75 Å². The van der Waals surface area contributed by atoms with Crippen LogP contribution in [-0.4, -0.2) is 32.0 Å². The normalized spacial score (nSPS) is 22.6. The van der Waals surface area contributed by atoms with Crippen LogP contribution >= 0.6 is 0 Å². The fourth-order valence-electron chi connectivity index (χ4n) is 1.91. The Balaban J connectivity index is 2.78.